The van der Waals surface area contributed by atoms with Crippen LogP contribution in [-0.2, 0) is 4.57 Å². The van der Waals surface area contributed by atoms with Gasteiger partial charge in [0, 0.05) is 8.41 Å². The molecular formula is H5BO5P. The van der Waals surface area contributed by atoms with Gasteiger partial charge in [0.05, 0.1) is 0 Å². The molecular weight excluding hydrogens is 122 g/mol. The molecule has 0 aliphatic rings. The zero-order valence-electron chi connectivity index (χ0n) is 3.27. The Bertz CT molecular complexity index is 54.2. The van der Waals surface area contributed by atoms with Crippen molar-refractivity contribution in [2.24, 2.45) is 0 Å². The minimum atomic E-state index is -4.64. The fourth-order valence-corrected chi connectivity index (χ4v) is 0. The largest absolute Gasteiger partial charge is 0.466 e. The first-order chi connectivity index (χ1) is 2.00. The van der Waals surface area contributed by atoms with Gasteiger partial charge in [-0.25, -0.2) is 4.57 Å². The van der Waals surface area contributed by atoms with Crippen molar-refractivity contribution in [2.45, 2.75) is 0 Å². The zero-order chi connectivity index (χ0) is 4.50. The third-order valence-electron chi connectivity index (χ3n) is 0. The highest BCUT2D eigenvalue weighted by atomic mass is 31.2. The van der Waals surface area contributed by atoms with Crippen molar-refractivity contribution in [3.05, 3.63) is 0 Å². The summed E-state index contributed by atoms with van der Waals surface area (Å²) in [6.07, 6.45) is 0. The fourth-order valence-electron chi connectivity index (χ4n) is 0. The van der Waals surface area contributed by atoms with E-state index in [0.717, 1.165) is 0 Å². The molecule has 5 nitrogen and oxygen atoms in total. The lowest BCUT2D eigenvalue weighted by molar-refractivity contribution is 0.275. The van der Waals surface area contributed by atoms with Gasteiger partial charge >= 0.3 is 7.82 Å². The van der Waals surface area contributed by atoms with Crippen LogP contribution >= 0.6 is 7.82 Å². The summed E-state index contributed by atoms with van der Waals surface area (Å²) in [7, 11) is -4.64. The quantitative estimate of drug-likeness (QED) is 0.255. The van der Waals surface area contributed by atoms with Crippen LogP contribution in [0.4, 0.5) is 0 Å². The van der Waals surface area contributed by atoms with E-state index in [2.05, 4.69) is 0 Å². The molecule has 0 aromatic carbocycles. The van der Waals surface area contributed by atoms with Gasteiger partial charge in [-0.3, -0.25) is 0 Å². The first-order valence-electron chi connectivity index (χ1n) is 0.783. The molecule has 7 heavy (non-hydrogen) atoms. The van der Waals surface area contributed by atoms with Crippen molar-refractivity contribution in [3.8, 4) is 0 Å². The number of hydrogen-bond acceptors (Lipinski definition) is 1. The molecule has 7 heteroatoms. The predicted octanol–water partition coefficient (Wildman–Crippen LogP) is -2.13. The molecule has 0 aromatic heterocycles. The second kappa shape index (κ2) is 4.30. The molecule has 0 aliphatic heterocycles. The van der Waals surface area contributed by atoms with Crippen molar-refractivity contribution in [2.75, 3.05) is 0 Å². The van der Waals surface area contributed by atoms with Crippen LogP contribution in [0.25, 0.3) is 0 Å². The van der Waals surface area contributed by atoms with Gasteiger partial charge < -0.3 is 20.2 Å². The molecule has 0 bridgehead atoms. The first-order valence-corrected chi connectivity index (χ1v) is 2.35. The highest BCUT2D eigenvalue weighted by Gasteiger charge is 2.00. The van der Waals surface area contributed by atoms with Crippen LogP contribution in [0.2, 0.25) is 0 Å². The normalized spacial score (nSPS) is 8.43. The summed E-state index contributed by atoms with van der Waals surface area (Å²) in [5, 5.41) is 0. The molecule has 0 atom stereocenters. The molecule has 0 aliphatic carbocycles. The van der Waals surface area contributed by atoms with E-state index in [4.69, 9.17) is 19.2 Å². The molecule has 0 rings (SSSR count). The second-order valence-corrected chi connectivity index (χ2v) is 1.54. The Hall–Kier alpha value is 0.135. The van der Waals surface area contributed by atoms with Crippen molar-refractivity contribution in [1.29, 1.82) is 0 Å². The lowest BCUT2D eigenvalue weighted by Gasteiger charge is -1.82. The Morgan fingerprint density at radius 1 is 1.14 bits per heavy atom. The van der Waals surface area contributed by atoms with Crippen LogP contribution in [0, 0.1) is 0 Å². The standard InChI is InChI=1S/B.H3O4P.H2O/c;1-5(2,3)4;/h;(H3,1,2,3,4);1H2. The predicted molar refractivity (Wildman–Crippen MR) is 23.6 cm³/mol. The van der Waals surface area contributed by atoms with E-state index in [9.17, 15) is 0 Å². The molecule has 0 fully saturated rings. The van der Waals surface area contributed by atoms with Crippen molar-refractivity contribution < 1.29 is 24.7 Å². The van der Waals surface area contributed by atoms with E-state index < -0.39 is 7.82 Å². The minimum Gasteiger partial charge on any atom is -0.412 e. The summed E-state index contributed by atoms with van der Waals surface area (Å²) in [6.45, 7) is 0. The van der Waals surface area contributed by atoms with E-state index in [1.165, 1.54) is 0 Å². The van der Waals surface area contributed by atoms with Gasteiger partial charge in [0.25, 0.3) is 0 Å². The summed E-state index contributed by atoms with van der Waals surface area (Å²) >= 11 is 0. The Kier molecular flexibility index (Phi) is 9.64. The van der Waals surface area contributed by atoms with Crippen LogP contribution < -0.4 is 0 Å². The van der Waals surface area contributed by atoms with Crippen LogP contribution in [0.15, 0.2) is 0 Å². The van der Waals surface area contributed by atoms with E-state index in [1.54, 1.807) is 0 Å². The van der Waals surface area contributed by atoms with E-state index in [0.29, 0.717) is 0 Å². The molecule has 0 saturated carbocycles. The molecule has 0 aromatic rings. The summed E-state index contributed by atoms with van der Waals surface area (Å²) in [6, 6.07) is 0. The fraction of sp³-hybridized carbons (Fsp3) is 0. The van der Waals surface area contributed by atoms with Crippen molar-refractivity contribution in [1.82, 2.24) is 0 Å². The maximum atomic E-state index is 8.88. The SMILES string of the molecule is O.O=P(O)(O)O.[B]. The van der Waals surface area contributed by atoms with E-state index >= 15 is 0 Å². The van der Waals surface area contributed by atoms with Crippen molar-refractivity contribution >= 4 is 16.2 Å². The Morgan fingerprint density at radius 3 is 1.14 bits per heavy atom. The van der Waals surface area contributed by atoms with Gasteiger partial charge in [-0.2, -0.15) is 0 Å². The summed E-state index contributed by atoms with van der Waals surface area (Å²) in [5.41, 5.74) is 0. The molecule has 0 amide bonds. The molecule has 5 N–H and O–H groups in total. The molecule has 0 spiro atoms. The van der Waals surface area contributed by atoms with Gasteiger partial charge in [-0.05, 0) is 0 Å². The molecule has 0 saturated heterocycles. The summed E-state index contributed by atoms with van der Waals surface area (Å²) < 4.78 is 8.88. The molecule has 3 radical (unpaired) electrons. The Balaban J connectivity index is -0.0000000800. The number of hydrogen-bond donors (Lipinski definition) is 3. The topological polar surface area (TPSA) is 109 Å². The first kappa shape index (κ1) is 15.7. The second-order valence-electron chi connectivity index (χ2n) is 0.513. The Morgan fingerprint density at radius 2 is 1.14 bits per heavy atom. The highest BCUT2D eigenvalue weighted by Crippen LogP contribution is 2.25. The third kappa shape index (κ3) is 5760. The van der Waals surface area contributed by atoms with Crippen molar-refractivity contribution in [3.63, 3.8) is 0 Å². The van der Waals surface area contributed by atoms with Gasteiger partial charge in [0.1, 0.15) is 0 Å². The van der Waals surface area contributed by atoms with Crippen LogP contribution in [0.5, 0.6) is 0 Å². The molecule has 43 valence electrons. The highest BCUT2D eigenvalue weighted by molar-refractivity contribution is 7.45. The van der Waals surface area contributed by atoms with Gasteiger partial charge in [-0.15, -0.1) is 0 Å². The van der Waals surface area contributed by atoms with E-state index in [-0.39, 0.29) is 13.9 Å². The maximum absolute atomic E-state index is 8.88. The zero-order valence-corrected chi connectivity index (χ0v) is 4.17. The molecule has 0 heterocycles. The summed E-state index contributed by atoms with van der Waals surface area (Å²) in [5.74, 6) is 0. The Labute approximate surface area is 42.1 Å². The van der Waals surface area contributed by atoms with Crippen LogP contribution in [0.1, 0.15) is 0 Å². The van der Waals surface area contributed by atoms with Crippen LogP contribution in [0.3, 0.4) is 0 Å². The third-order valence-corrected chi connectivity index (χ3v) is 0. The minimum absolute atomic E-state index is 0. The maximum Gasteiger partial charge on any atom is 0.466 e. The average Bonchev–Trinajstić information content (AvgIpc) is 0.722. The lowest BCUT2D eigenvalue weighted by atomic mass is 10.8. The van der Waals surface area contributed by atoms with Gasteiger partial charge in [-0.1, -0.05) is 0 Å². The monoisotopic (exact) mass is 127 g/mol. The van der Waals surface area contributed by atoms with Crippen LogP contribution in [-0.4, -0.2) is 28.6 Å². The number of rotatable bonds is 0. The lowest BCUT2D eigenvalue weighted by Crippen LogP contribution is -1.66. The van der Waals surface area contributed by atoms with Gasteiger partial charge in [0.15, 0.2) is 0 Å². The summed E-state index contributed by atoms with van der Waals surface area (Å²) in [4.78, 5) is 21.6. The molecule has 0 unspecified atom stereocenters. The van der Waals surface area contributed by atoms with E-state index in [1.807, 2.05) is 0 Å². The average molecular weight is 127 g/mol. The smallest absolute Gasteiger partial charge is 0.412 e. The number of phosphoric acid groups is 1. The van der Waals surface area contributed by atoms with Gasteiger partial charge in [0.2, 0.25) is 0 Å².